The number of amides is 1. The van der Waals surface area contributed by atoms with Crippen molar-refractivity contribution in [1.82, 2.24) is 4.98 Å². The van der Waals surface area contributed by atoms with Gasteiger partial charge in [-0.05, 0) is 32.4 Å². The number of carbonyl (C=O) groups excluding carboxylic acids is 2. The average molecular weight is 421 g/mol. The smallest absolute Gasteiger partial charge is 0.350 e. The van der Waals surface area contributed by atoms with Gasteiger partial charge in [0.1, 0.15) is 16.4 Å². The summed E-state index contributed by atoms with van der Waals surface area (Å²) in [4.78, 5) is 32.1. The van der Waals surface area contributed by atoms with Gasteiger partial charge in [0.25, 0.3) is 5.91 Å². The third-order valence-electron chi connectivity index (χ3n) is 4.31. The average Bonchev–Trinajstić information content (AvgIpc) is 3.11. The molecule has 29 heavy (non-hydrogen) atoms. The minimum Gasteiger partial charge on any atom is -0.497 e. The maximum atomic E-state index is 13.4. The van der Waals surface area contributed by atoms with Gasteiger partial charge in [0, 0.05) is 18.2 Å². The minimum absolute atomic E-state index is 0.220. The van der Waals surface area contributed by atoms with E-state index in [1.807, 2.05) is 0 Å². The first-order valence-corrected chi connectivity index (χ1v) is 10.5. The van der Waals surface area contributed by atoms with Crippen LogP contribution in [0.15, 0.2) is 18.2 Å². The van der Waals surface area contributed by atoms with Crippen molar-refractivity contribution in [3.63, 3.8) is 0 Å². The van der Waals surface area contributed by atoms with Gasteiger partial charge in [-0.25, -0.2) is 9.78 Å². The molecule has 0 aliphatic carbocycles. The van der Waals surface area contributed by atoms with E-state index in [2.05, 4.69) is 11.9 Å². The Balaban J connectivity index is 2.41. The van der Waals surface area contributed by atoms with Crippen molar-refractivity contribution in [3.8, 4) is 11.5 Å². The summed E-state index contributed by atoms with van der Waals surface area (Å²) in [6.07, 6.45) is 2.84. The number of ether oxygens (including phenoxy) is 3. The Kier molecular flexibility index (Phi) is 8.45. The molecule has 1 aromatic heterocycles. The van der Waals surface area contributed by atoms with E-state index in [-0.39, 0.29) is 12.5 Å². The Labute approximate surface area is 175 Å². The number of nitrogens with zero attached hydrogens (tertiary/aromatic N) is 2. The van der Waals surface area contributed by atoms with E-state index in [1.54, 1.807) is 36.9 Å². The summed E-state index contributed by atoms with van der Waals surface area (Å²) in [5.74, 6) is 0.424. The van der Waals surface area contributed by atoms with Crippen LogP contribution >= 0.6 is 11.3 Å². The Morgan fingerprint density at radius 2 is 1.72 bits per heavy atom. The number of hydrogen-bond acceptors (Lipinski definition) is 7. The van der Waals surface area contributed by atoms with Crippen LogP contribution < -0.4 is 14.4 Å². The first kappa shape index (κ1) is 22.7. The molecule has 0 saturated carbocycles. The van der Waals surface area contributed by atoms with Crippen LogP contribution in [0.1, 0.15) is 58.8 Å². The number of aromatic nitrogens is 1. The van der Waals surface area contributed by atoms with E-state index in [0.29, 0.717) is 39.3 Å². The van der Waals surface area contributed by atoms with Gasteiger partial charge in [-0.3, -0.25) is 9.69 Å². The molecule has 0 aliphatic heterocycles. The predicted octanol–water partition coefficient (Wildman–Crippen LogP) is 4.48. The van der Waals surface area contributed by atoms with Crippen LogP contribution in [0, 0.1) is 6.92 Å². The highest BCUT2D eigenvalue weighted by molar-refractivity contribution is 7.17. The van der Waals surface area contributed by atoms with Crippen LogP contribution in [0.3, 0.4) is 0 Å². The molecule has 0 fully saturated rings. The molecule has 0 saturated heterocycles. The maximum Gasteiger partial charge on any atom is 0.350 e. The molecule has 7 nitrogen and oxygen atoms in total. The molecule has 0 N–H and O–H groups in total. The maximum absolute atomic E-state index is 13.4. The van der Waals surface area contributed by atoms with Crippen LogP contribution in [-0.2, 0) is 4.74 Å². The standard InChI is InChI=1S/C21H28N2O5S/c1-6-8-9-10-23(21-22-14(3)18(29-21)20(25)28-7-2)19(24)15-11-16(26-4)13-17(12-15)27-5/h11-13H,6-10H2,1-5H3. The van der Waals surface area contributed by atoms with Crippen LogP contribution in [0.5, 0.6) is 11.5 Å². The van der Waals surface area contributed by atoms with Crippen molar-refractivity contribution >= 4 is 28.3 Å². The van der Waals surface area contributed by atoms with E-state index in [1.165, 1.54) is 25.6 Å². The Morgan fingerprint density at radius 1 is 1.07 bits per heavy atom. The lowest BCUT2D eigenvalue weighted by molar-refractivity contribution is 0.0531. The summed E-state index contributed by atoms with van der Waals surface area (Å²) in [5.41, 5.74) is 0.989. The largest absolute Gasteiger partial charge is 0.497 e. The van der Waals surface area contributed by atoms with Gasteiger partial charge in [0.05, 0.1) is 26.5 Å². The Morgan fingerprint density at radius 3 is 2.28 bits per heavy atom. The third kappa shape index (κ3) is 5.69. The summed E-state index contributed by atoms with van der Waals surface area (Å²) in [6, 6.07) is 5.05. The summed E-state index contributed by atoms with van der Waals surface area (Å²) >= 11 is 1.17. The van der Waals surface area contributed by atoms with E-state index in [4.69, 9.17) is 14.2 Å². The lowest BCUT2D eigenvalue weighted by atomic mass is 10.1. The second-order valence-electron chi connectivity index (χ2n) is 6.40. The highest BCUT2D eigenvalue weighted by Crippen LogP contribution is 2.30. The molecule has 2 rings (SSSR count). The summed E-state index contributed by atoms with van der Waals surface area (Å²) < 4.78 is 15.7. The molecule has 0 radical (unpaired) electrons. The third-order valence-corrected chi connectivity index (χ3v) is 5.47. The number of rotatable bonds is 10. The number of esters is 1. The zero-order valence-electron chi connectivity index (χ0n) is 17.6. The van der Waals surface area contributed by atoms with Crippen LogP contribution in [0.2, 0.25) is 0 Å². The molecular weight excluding hydrogens is 392 g/mol. The van der Waals surface area contributed by atoms with Gasteiger partial charge in [0.15, 0.2) is 5.13 Å². The van der Waals surface area contributed by atoms with Crippen molar-refractivity contribution in [3.05, 3.63) is 34.3 Å². The molecule has 2 aromatic rings. The second kappa shape index (κ2) is 10.8. The molecule has 0 atom stereocenters. The fourth-order valence-electron chi connectivity index (χ4n) is 2.77. The minimum atomic E-state index is -0.419. The zero-order chi connectivity index (χ0) is 21.4. The highest BCUT2D eigenvalue weighted by Gasteiger charge is 2.25. The molecular formula is C21H28N2O5S. The predicted molar refractivity (Wildman–Crippen MR) is 114 cm³/mol. The lowest BCUT2D eigenvalue weighted by Gasteiger charge is -2.20. The van der Waals surface area contributed by atoms with Gasteiger partial charge in [-0.2, -0.15) is 0 Å². The molecule has 0 spiro atoms. The number of thiazole rings is 1. The first-order chi connectivity index (χ1) is 13.9. The van der Waals surface area contributed by atoms with Crippen molar-refractivity contribution in [2.45, 2.75) is 40.0 Å². The van der Waals surface area contributed by atoms with E-state index >= 15 is 0 Å². The van der Waals surface area contributed by atoms with Crippen molar-refractivity contribution in [1.29, 1.82) is 0 Å². The molecule has 8 heteroatoms. The molecule has 158 valence electrons. The van der Waals surface area contributed by atoms with E-state index < -0.39 is 5.97 Å². The lowest BCUT2D eigenvalue weighted by Crippen LogP contribution is -2.32. The van der Waals surface area contributed by atoms with Crippen LogP contribution in [0.25, 0.3) is 0 Å². The molecule has 0 aliphatic rings. The topological polar surface area (TPSA) is 78.0 Å². The second-order valence-corrected chi connectivity index (χ2v) is 7.37. The number of anilines is 1. The normalized spacial score (nSPS) is 10.5. The summed E-state index contributed by atoms with van der Waals surface area (Å²) in [6.45, 7) is 6.39. The monoisotopic (exact) mass is 420 g/mol. The number of benzene rings is 1. The van der Waals surface area contributed by atoms with E-state index in [9.17, 15) is 9.59 Å². The molecule has 0 unspecified atom stereocenters. The molecule has 1 aromatic carbocycles. The van der Waals surface area contributed by atoms with Gasteiger partial charge in [-0.15, -0.1) is 0 Å². The fraction of sp³-hybridized carbons (Fsp3) is 0.476. The quantitative estimate of drug-likeness (QED) is 0.416. The summed E-state index contributed by atoms with van der Waals surface area (Å²) in [5, 5.41) is 0.480. The van der Waals surface area contributed by atoms with Gasteiger partial charge < -0.3 is 14.2 Å². The number of carbonyl (C=O) groups is 2. The molecule has 1 amide bonds. The first-order valence-electron chi connectivity index (χ1n) is 9.64. The number of methoxy groups -OCH3 is 2. The van der Waals surface area contributed by atoms with Crippen molar-refractivity contribution in [2.75, 3.05) is 32.3 Å². The van der Waals surface area contributed by atoms with Gasteiger partial charge in [-0.1, -0.05) is 31.1 Å². The Bertz CT molecular complexity index is 827. The number of unbranched alkanes of at least 4 members (excludes halogenated alkanes) is 2. The van der Waals surface area contributed by atoms with Gasteiger partial charge >= 0.3 is 5.97 Å². The molecule has 0 bridgehead atoms. The van der Waals surface area contributed by atoms with Gasteiger partial charge in [0.2, 0.25) is 0 Å². The van der Waals surface area contributed by atoms with Crippen molar-refractivity contribution in [2.24, 2.45) is 0 Å². The zero-order valence-corrected chi connectivity index (χ0v) is 18.4. The number of aryl methyl sites for hydroxylation is 1. The molecule has 1 heterocycles. The van der Waals surface area contributed by atoms with Crippen LogP contribution in [0.4, 0.5) is 5.13 Å². The highest BCUT2D eigenvalue weighted by atomic mass is 32.1. The number of hydrogen-bond donors (Lipinski definition) is 0. The van der Waals surface area contributed by atoms with Crippen molar-refractivity contribution < 1.29 is 23.8 Å². The van der Waals surface area contributed by atoms with E-state index in [0.717, 1.165) is 19.3 Å². The Hall–Kier alpha value is -2.61. The summed E-state index contributed by atoms with van der Waals surface area (Å²) in [7, 11) is 3.08. The SMILES string of the molecule is CCCCCN(C(=O)c1cc(OC)cc(OC)c1)c1nc(C)c(C(=O)OCC)s1. The fourth-order valence-corrected chi connectivity index (χ4v) is 3.76. The van der Waals surface area contributed by atoms with Crippen LogP contribution in [-0.4, -0.2) is 44.2 Å².